The monoisotopic (exact) mass is 550 g/mol. The highest BCUT2D eigenvalue weighted by atomic mass is 19.1. The first-order valence-corrected chi connectivity index (χ1v) is 12.7. The molecule has 2 aliphatic rings. The van der Waals surface area contributed by atoms with Gasteiger partial charge in [0.2, 0.25) is 5.91 Å². The topological polar surface area (TPSA) is 116 Å². The maximum Gasteiger partial charge on any atom is 0.254 e. The quantitative estimate of drug-likeness (QED) is 0.434. The molecule has 0 spiro atoms. The number of anilines is 1. The van der Waals surface area contributed by atoms with E-state index >= 15 is 8.78 Å². The van der Waals surface area contributed by atoms with Crippen molar-refractivity contribution in [2.45, 2.75) is 12.5 Å². The van der Waals surface area contributed by atoms with E-state index in [2.05, 4.69) is 10.3 Å². The number of nitrogens with one attached hydrogen (secondary N) is 1. The zero-order chi connectivity index (χ0) is 28.2. The molecular weight excluding hydrogens is 522 g/mol. The largest absolute Gasteiger partial charge is 0.493 e. The van der Waals surface area contributed by atoms with Gasteiger partial charge in [-0.1, -0.05) is 0 Å². The Labute approximate surface area is 229 Å². The smallest absolute Gasteiger partial charge is 0.254 e. The lowest BCUT2D eigenvalue weighted by atomic mass is 9.98. The number of hydrogen-bond acceptors (Lipinski definition) is 7. The molecule has 0 saturated carbocycles. The summed E-state index contributed by atoms with van der Waals surface area (Å²) in [5.74, 6) is -1.33. The molecule has 0 radical (unpaired) electrons. The van der Waals surface area contributed by atoms with Crippen LogP contribution in [0.4, 0.5) is 14.6 Å². The van der Waals surface area contributed by atoms with Crippen molar-refractivity contribution < 1.29 is 32.6 Å². The fraction of sp³-hybridized carbons (Fsp3) is 0.276. The SMILES string of the molecule is COc1cc(-c2c(F)cc(C(=O)N3CCOCC3)cc2F)cc2c1OC(CNC(=O)/C=C/c1ccc(N)nc1)C2. The van der Waals surface area contributed by atoms with Crippen LogP contribution in [0.5, 0.6) is 11.5 Å². The molecule has 2 aromatic carbocycles. The Morgan fingerprint density at radius 3 is 2.60 bits per heavy atom. The third-order valence-corrected chi connectivity index (χ3v) is 6.70. The van der Waals surface area contributed by atoms with Gasteiger partial charge in [-0.25, -0.2) is 13.8 Å². The summed E-state index contributed by atoms with van der Waals surface area (Å²) in [6.07, 6.45) is 4.54. The van der Waals surface area contributed by atoms with Crippen molar-refractivity contribution in [1.29, 1.82) is 0 Å². The lowest BCUT2D eigenvalue weighted by molar-refractivity contribution is -0.116. The van der Waals surface area contributed by atoms with Crippen LogP contribution in [0, 0.1) is 11.6 Å². The number of pyridine rings is 1. The number of halogens is 2. The molecule has 1 atom stereocenters. The average Bonchev–Trinajstić information content (AvgIpc) is 3.38. The number of amides is 2. The first-order chi connectivity index (χ1) is 19.3. The van der Waals surface area contributed by atoms with Crippen LogP contribution in [-0.4, -0.2) is 67.8 Å². The molecule has 11 heteroatoms. The van der Waals surface area contributed by atoms with Crippen LogP contribution in [0.2, 0.25) is 0 Å². The number of fused-ring (bicyclic) bond motifs is 1. The summed E-state index contributed by atoms with van der Waals surface area (Å²) in [5, 5.41) is 2.79. The predicted octanol–water partition coefficient (Wildman–Crippen LogP) is 3.22. The number of morpholine rings is 1. The number of nitrogen functional groups attached to an aromatic ring is 1. The van der Waals surface area contributed by atoms with Crippen LogP contribution in [0.1, 0.15) is 21.5 Å². The van der Waals surface area contributed by atoms with E-state index in [1.165, 1.54) is 24.2 Å². The van der Waals surface area contributed by atoms with Crippen molar-refractivity contribution >= 4 is 23.7 Å². The van der Waals surface area contributed by atoms with Gasteiger partial charge < -0.3 is 30.2 Å². The van der Waals surface area contributed by atoms with Gasteiger partial charge in [-0.05, 0) is 53.6 Å². The standard InChI is InChI=1S/C29H28F2N4O5/c1-38-24-14-18(27-22(30)12-20(13-23(27)31)29(37)35-6-8-39-9-7-35)10-19-11-21(40-28(19)24)16-34-26(36)5-3-17-2-4-25(32)33-15-17/h2-5,10,12-15,21H,6-9,11,16H2,1H3,(H2,32,33)(H,34,36)/b5-3+. The van der Waals surface area contributed by atoms with Gasteiger partial charge in [0.15, 0.2) is 11.5 Å². The molecule has 5 rings (SSSR count). The summed E-state index contributed by atoms with van der Waals surface area (Å²) in [5.41, 5.74) is 6.90. The summed E-state index contributed by atoms with van der Waals surface area (Å²) in [6, 6.07) is 8.62. The Bertz CT molecular complexity index is 1430. The minimum absolute atomic E-state index is 0.0605. The summed E-state index contributed by atoms with van der Waals surface area (Å²) >= 11 is 0. The number of methoxy groups -OCH3 is 1. The molecule has 0 aliphatic carbocycles. The van der Waals surface area contributed by atoms with Gasteiger partial charge in [0.05, 0.1) is 32.4 Å². The van der Waals surface area contributed by atoms with Crippen molar-refractivity contribution in [2.24, 2.45) is 0 Å². The summed E-state index contributed by atoms with van der Waals surface area (Å²) in [4.78, 5) is 30.5. The Balaban J connectivity index is 1.29. The van der Waals surface area contributed by atoms with Gasteiger partial charge in [0, 0.05) is 42.9 Å². The zero-order valence-electron chi connectivity index (χ0n) is 21.8. The van der Waals surface area contributed by atoms with E-state index in [9.17, 15) is 9.59 Å². The van der Waals surface area contributed by atoms with Crippen LogP contribution in [0.25, 0.3) is 17.2 Å². The molecule has 1 saturated heterocycles. The Morgan fingerprint density at radius 2 is 1.93 bits per heavy atom. The Kier molecular flexibility index (Phi) is 7.92. The van der Waals surface area contributed by atoms with Crippen molar-refractivity contribution in [3.05, 3.63) is 77.0 Å². The van der Waals surface area contributed by atoms with Crippen molar-refractivity contribution in [1.82, 2.24) is 15.2 Å². The lowest BCUT2D eigenvalue weighted by Gasteiger charge is -2.27. The summed E-state index contributed by atoms with van der Waals surface area (Å²) in [7, 11) is 1.44. The number of rotatable bonds is 7. The number of aromatic nitrogens is 1. The summed E-state index contributed by atoms with van der Waals surface area (Å²) < 4.78 is 47.2. The highest BCUT2D eigenvalue weighted by Gasteiger charge is 2.29. The molecule has 40 heavy (non-hydrogen) atoms. The maximum atomic E-state index is 15.2. The minimum Gasteiger partial charge on any atom is -0.493 e. The molecule has 9 nitrogen and oxygen atoms in total. The highest BCUT2D eigenvalue weighted by molar-refractivity contribution is 5.95. The predicted molar refractivity (Wildman–Crippen MR) is 144 cm³/mol. The zero-order valence-corrected chi connectivity index (χ0v) is 21.8. The fourth-order valence-electron chi connectivity index (χ4n) is 4.69. The molecule has 1 aromatic heterocycles. The van der Waals surface area contributed by atoms with Gasteiger partial charge in [-0.2, -0.15) is 0 Å². The molecule has 3 N–H and O–H groups in total. The number of ether oxygens (including phenoxy) is 3. The number of carbonyl (C=O) groups excluding carboxylic acids is 2. The van der Waals surface area contributed by atoms with E-state index in [0.29, 0.717) is 55.6 Å². The number of hydrogen-bond donors (Lipinski definition) is 2. The van der Waals surface area contributed by atoms with E-state index in [4.69, 9.17) is 19.9 Å². The molecule has 3 heterocycles. The molecule has 2 amide bonds. The van der Waals surface area contributed by atoms with Gasteiger partial charge in [0.25, 0.3) is 5.91 Å². The van der Waals surface area contributed by atoms with E-state index in [0.717, 1.165) is 17.7 Å². The van der Waals surface area contributed by atoms with Gasteiger partial charge >= 0.3 is 0 Å². The fourth-order valence-corrected chi connectivity index (χ4v) is 4.69. The average molecular weight is 551 g/mol. The first-order valence-electron chi connectivity index (χ1n) is 12.7. The van der Waals surface area contributed by atoms with E-state index < -0.39 is 23.6 Å². The number of nitrogens with two attached hydrogens (primary N) is 1. The molecule has 3 aromatic rings. The second-order valence-electron chi connectivity index (χ2n) is 9.43. The normalized spacial score (nSPS) is 16.5. The van der Waals surface area contributed by atoms with Gasteiger partial charge in [-0.3, -0.25) is 9.59 Å². The van der Waals surface area contributed by atoms with Crippen LogP contribution >= 0.6 is 0 Å². The van der Waals surface area contributed by atoms with E-state index in [-0.39, 0.29) is 29.1 Å². The van der Waals surface area contributed by atoms with Crippen molar-refractivity contribution in [3.63, 3.8) is 0 Å². The van der Waals surface area contributed by atoms with Crippen LogP contribution < -0.4 is 20.5 Å². The minimum atomic E-state index is -0.857. The summed E-state index contributed by atoms with van der Waals surface area (Å²) in [6.45, 7) is 1.70. The second kappa shape index (κ2) is 11.7. The van der Waals surface area contributed by atoms with E-state index in [1.54, 1.807) is 30.5 Å². The second-order valence-corrected chi connectivity index (χ2v) is 9.43. The van der Waals surface area contributed by atoms with Gasteiger partial charge in [0.1, 0.15) is 23.6 Å². The van der Waals surface area contributed by atoms with Crippen LogP contribution in [-0.2, 0) is 16.0 Å². The third kappa shape index (κ3) is 5.89. The molecule has 208 valence electrons. The molecule has 1 fully saturated rings. The molecule has 0 bridgehead atoms. The van der Waals surface area contributed by atoms with Gasteiger partial charge in [-0.15, -0.1) is 0 Å². The van der Waals surface area contributed by atoms with Crippen LogP contribution in [0.3, 0.4) is 0 Å². The Hall–Kier alpha value is -4.51. The van der Waals surface area contributed by atoms with Crippen molar-refractivity contribution in [2.75, 3.05) is 45.7 Å². The first kappa shape index (κ1) is 27.1. The third-order valence-electron chi connectivity index (χ3n) is 6.70. The maximum absolute atomic E-state index is 15.2. The molecule has 2 aliphatic heterocycles. The molecular formula is C29H28F2N4O5. The molecule has 1 unspecified atom stereocenters. The number of nitrogens with zero attached hydrogens (tertiary/aromatic N) is 2. The number of carbonyl (C=O) groups is 2. The number of benzene rings is 2. The highest BCUT2D eigenvalue weighted by Crippen LogP contribution is 2.42. The van der Waals surface area contributed by atoms with Crippen molar-refractivity contribution in [3.8, 4) is 22.6 Å². The lowest BCUT2D eigenvalue weighted by Crippen LogP contribution is -2.40. The Morgan fingerprint density at radius 1 is 1.18 bits per heavy atom. The van der Waals surface area contributed by atoms with Crippen LogP contribution in [0.15, 0.2) is 48.7 Å². The van der Waals surface area contributed by atoms with E-state index in [1.807, 2.05) is 0 Å².